The van der Waals surface area contributed by atoms with Crippen LogP contribution in [-0.4, -0.2) is 39.4 Å². The van der Waals surface area contributed by atoms with Crippen molar-refractivity contribution >= 4 is 22.9 Å². The Morgan fingerprint density at radius 3 is 2.51 bits per heavy atom. The van der Waals surface area contributed by atoms with Crippen LogP contribution in [0.25, 0.3) is 17.0 Å². The molecule has 0 saturated heterocycles. The highest BCUT2D eigenvalue weighted by molar-refractivity contribution is 7.80. The molecule has 1 aromatic heterocycles. The third kappa shape index (κ3) is 5.77. The van der Waals surface area contributed by atoms with E-state index in [2.05, 4.69) is 29.5 Å². The van der Waals surface area contributed by atoms with Gasteiger partial charge in [0, 0.05) is 24.4 Å². The summed E-state index contributed by atoms with van der Waals surface area (Å²) in [5, 5.41) is 8.25. The molecule has 35 heavy (non-hydrogen) atoms. The summed E-state index contributed by atoms with van der Waals surface area (Å²) in [5.74, 6) is 0.632. The molecule has 0 amide bonds. The largest absolute Gasteiger partial charge is 0.379 e. The molecule has 1 atom stereocenters. The van der Waals surface area contributed by atoms with Crippen molar-refractivity contribution in [3.63, 3.8) is 0 Å². The number of ether oxygens (including phenoxy) is 1. The maximum atomic E-state index is 13.6. The van der Waals surface area contributed by atoms with Gasteiger partial charge in [-0.3, -0.25) is 0 Å². The normalized spacial score (nSPS) is 16.2. The van der Waals surface area contributed by atoms with Gasteiger partial charge in [-0.25, -0.2) is 4.39 Å². The van der Waals surface area contributed by atoms with Crippen molar-refractivity contribution in [2.45, 2.75) is 52.7 Å². The lowest BCUT2D eigenvalue weighted by molar-refractivity contribution is 0.0749. The first-order chi connectivity index (χ1) is 16.9. The zero-order chi connectivity index (χ0) is 24.9. The van der Waals surface area contributed by atoms with E-state index in [1.165, 1.54) is 17.7 Å². The fourth-order valence-corrected chi connectivity index (χ4v) is 4.46. The summed E-state index contributed by atoms with van der Waals surface area (Å²) in [6, 6.07) is 14.2. The number of rotatable bonds is 9. The van der Waals surface area contributed by atoms with Crippen LogP contribution in [0.4, 0.5) is 4.39 Å². The lowest BCUT2D eigenvalue weighted by atomic mass is 9.94. The van der Waals surface area contributed by atoms with Crippen LogP contribution in [0.15, 0.2) is 58.8 Å². The molecule has 2 aromatic carbocycles. The van der Waals surface area contributed by atoms with Gasteiger partial charge in [-0.15, -0.1) is 0 Å². The van der Waals surface area contributed by atoms with Gasteiger partial charge in [0.05, 0.1) is 17.7 Å². The Labute approximate surface area is 211 Å². The Morgan fingerprint density at radius 2 is 1.86 bits per heavy atom. The number of benzene rings is 2. The van der Waals surface area contributed by atoms with E-state index in [0.717, 1.165) is 35.2 Å². The first-order valence-corrected chi connectivity index (χ1v) is 12.4. The average molecular weight is 495 g/mol. The lowest BCUT2D eigenvalue weighted by Gasteiger charge is -2.37. The van der Waals surface area contributed by atoms with Gasteiger partial charge in [0.1, 0.15) is 5.82 Å². The standard InChI is InChI=1S/C27H31FN4O2S/c1-5-19-7-9-21(10-8-19)25-30-26(34-31-25)23-18(4)32(15-6-16-33-17(2)3)27(35)29-24(23)20-11-13-22(28)14-12-20/h7-14,17,24H,5-6,15-16H2,1-4H3,(H,29,35). The summed E-state index contributed by atoms with van der Waals surface area (Å²) in [5.41, 5.74) is 4.73. The molecule has 1 aliphatic rings. The van der Waals surface area contributed by atoms with Crippen molar-refractivity contribution in [1.29, 1.82) is 0 Å². The number of allylic oxidation sites excluding steroid dienone is 1. The van der Waals surface area contributed by atoms with E-state index >= 15 is 0 Å². The van der Waals surface area contributed by atoms with Crippen LogP contribution in [0.3, 0.4) is 0 Å². The van der Waals surface area contributed by atoms with Crippen LogP contribution in [0.2, 0.25) is 0 Å². The third-order valence-corrected chi connectivity index (χ3v) is 6.39. The Hall–Kier alpha value is -3.10. The molecule has 0 bridgehead atoms. The Morgan fingerprint density at radius 1 is 1.14 bits per heavy atom. The van der Waals surface area contributed by atoms with E-state index in [-0.39, 0.29) is 18.0 Å². The second-order valence-corrected chi connectivity index (χ2v) is 9.22. The van der Waals surface area contributed by atoms with Gasteiger partial charge in [0.25, 0.3) is 5.89 Å². The maximum absolute atomic E-state index is 13.6. The maximum Gasteiger partial charge on any atom is 0.258 e. The van der Waals surface area contributed by atoms with Crippen molar-refractivity contribution in [3.8, 4) is 11.4 Å². The Kier molecular flexibility index (Phi) is 7.93. The van der Waals surface area contributed by atoms with Crippen LogP contribution in [0, 0.1) is 5.82 Å². The van der Waals surface area contributed by atoms with Gasteiger partial charge >= 0.3 is 0 Å². The van der Waals surface area contributed by atoms with Crippen LogP contribution in [0.1, 0.15) is 57.2 Å². The number of hydrogen-bond acceptors (Lipinski definition) is 5. The third-order valence-electron chi connectivity index (χ3n) is 6.05. The van der Waals surface area contributed by atoms with E-state index in [0.29, 0.717) is 30.0 Å². The number of aromatic nitrogens is 2. The zero-order valence-electron chi connectivity index (χ0n) is 20.5. The zero-order valence-corrected chi connectivity index (χ0v) is 21.4. The predicted octanol–water partition coefficient (Wildman–Crippen LogP) is 5.92. The topological polar surface area (TPSA) is 63.4 Å². The van der Waals surface area contributed by atoms with Gasteiger partial charge in [0.2, 0.25) is 5.82 Å². The molecule has 4 rings (SSSR count). The molecule has 0 spiro atoms. The molecule has 2 heterocycles. The monoisotopic (exact) mass is 494 g/mol. The molecule has 1 aliphatic heterocycles. The molecule has 0 saturated carbocycles. The molecule has 3 aromatic rings. The van der Waals surface area contributed by atoms with Crippen LogP contribution < -0.4 is 5.32 Å². The first-order valence-electron chi connectivity index (χ1n) is 12.0. The fourth-order valence-electron chi connectivity index (χ4n) is 4.11. The summed E-state index contributed by atoms with van der Waals surface area (Å²) >= 11 is 5.72. The van der Waals surface area contributed by atoms with Crippen molar-refractivity contribution in [3.05, 3.63) is 77.1 Å². The SMILES string of the molecule is CCc1ccc(-c2noc(C3=C(C)N(CCCOC(C)C)C(=S)NC3c3ccc(F)cc3)n2)cc1. The van der Waals surface area contributed by atoms with Gasteiger partial charge < -0.3 is 19.5 Å². The Bertz CT molecular complexity index is 1190. The highest BCUT2D eigenvalue weighted by atomic mass is 32.1. The number of nitrogens with zero attached hydrogens (tertiary/aromatic N) is 3. The quantitative estimate of drug-likeness (QED) is 0.293. The molecule has 8 heteroatoms. The van der Waals surface area contributed by atoms with Gasteiger partial charge in [-0.05, 0) is 69.1 Å². The summed E-state index contributed by atoms with van der Waals surface area (Å²) in [6.45, 7) is 9.48. The highest BCUT2D eigenvalue weighted by Crippen LogP contribution is 2.37. The van der Waals surface area contributed by atoms with Crippen molar-refractivity contribution in [2.24, 2.45) is 0 Å². The number of aryl methyl sites for hydroxylation is 1. The number of halogens is 1. The second kappa shape index (κ2) is 11.1. The minimum absolute atomic E-state index is 0.180. The summed E-state index contributed by atoms with van der Waals surface area (Å²) in [4.78, 5) is 6.77. The molecule has 0 radical (unpaired) electrons. The molecular formula is C27H31FN4O2S. The van der Waals surface area contributed by atoms with Gasteiger partial charge in [-0.2, -0.15) is 4.98 Å². The molecule has 184 valence electrons. The minimum Gasteiger partial charge on any atom is -0.379 e. The lowest BCUT2D eigenvalue weighted by Crippen LogP contribution is -2.46. The van der Waals surface area contributed by atoms with E-state index < -0.39 is 0 Å². The average Bonchev–Trinajstić information content (AvgIpc) is 3.33. The molecule has 0 fully saturated rings. The predicted molar refractivity (Wildman–Crippen MR) is 139 cm³/mol. The van der Waals surface area contributed by atoms with E-state index in [1.54, 1.807) is 12.1 Å². The van der Waals surface area contributed by atoms with E-state index in [4.69, 9.17) is 26.5 Å². The van der Waals surface area contributed by atoms with Crippen molar-refractivity contribution in [2.75, 3.05) is 13.2 Å². The smallest absolute Gasteiger partial charge is 0.258 e. The number of thiocarbonyl (C=S) groups is 1. The van der Waals surface area contributed by atoms with Crippen molar-refractivity contribution < 1.29 is 13.7 Å². The molecule has 0 aliphatic carbocycles. The van der Waals surface area contributed by atoms with Crippen LogP contribution >= 0.6 is 12.2 Å². The van der Waals surface area contributed by atoms with Gasteiger partial charge in [0.15, 0.2) is 5.11 Å². The van der Waals surface area contributed by atoms with E-state index in [9.17, 15) is 4.39 Å². The fraction of sp³-hybridized carbons (Fsp3) is 0.370. The van der Waals surface area contributed by atoms with E-state index in [1.807, 2.05) is 37.8 Å². The molecular weight excluding hydrogens is 463 g/mol. The highest BCUT2D eigenvalue weighted by Gasteiger charge is 2.34. The summed E-state index contributed by atoms with van der Waals surface area (Å²) in [6.07, 6.45) is 1.96. The van der Waals surface area contributed by atoms with Crippen LogP contribution in [-0.2, 0) is 11.2 Å². The molecule has 6 nitrogen and oxygen atoms in total. The Balaban J connectivity index is 1.69. The summed E-state index contributed by atoms with van der Waals surface area (Å²) in [7, 11) is 0. The van der Waals surface area contributed by atoms with Crippen LogP contribution in [0.5, 0.6) is 0 Å². The summed E-state index contributed by atoms with van der Waals surface area (Å²) < 4.78 is 25.1. The first kappa shape index (κ1) is 25.0. The molecule has 1 unspecified atom stereocenters. The number of nitrogens with one attached hydrogen (secondary N) is 1. The van der Waals surface area contributed by atoms with Crippen molar-refractivity contribution in [1.82, 2.24) is 20.4 Å². The number of hydrogen-bond donors (Lipinski definition) is 1. The molecule has 1 N–H and O–H groups in total. The minimum atomic E-state index is -0.345. The second-order valence-electron chi connectivity index (χ2n) is 8.83. The van der Waals surface area contributed by atoms with Gasteiger partial charge in [-0.1, -0.05) is 48.5 Å².